The molecule has 1 aliphatic rings. The molecule has 0 bridgehead atoms. The van der Waals surface area contributed by atoms with Gasteiger partial charge in [-0.3, -0.25) is 14.2 Å². The van der Waals surface area contributed by atoms with Gasteiger partial charge in [-0.05, 0) is 36.4 Å². The van der Waals surface area contributed by atoms with Gasteiger partial charge < -0.3 is 5.32 Å². The van der Waals surface area contributed by atoms with Crippen LogP contribution in [0.2, 0.25) is 0 Å². The molecule has 0 unspecified atom stereocenters. The zero-order valence-corrected chi connectivity index (χ0v) is 17.0. The van der Waals surface area contributed by atoms with Crippen molar-refractivity contribution >= 4 is 35.1 Å². The summed E-state index contributed by atoms with van der Waals surface area (Å²) in [6.07, 6.45) is 0.639. The maximum absolute atomic E-state index is 13.7. The van der Waals surface area contributed by atoms with Crippen LogP contribution in [0, 0.1) is 17.5 Å². The SMILES string of the molecule is O=C(CSc1nc2c(c(=O)n1-c1ccc(F)cc1)SCC2)Nc1ccc(F)cc1F. The van der Waals surface area contributed by atoms with E-state index in [0.717, 1.165) is 29.6 Å². The topological polar surface area (TPSA) is 64.0 Å². The minimum atomic E-state index is -0.885. The zero-order valence-electron chi connectivity index (χ0n) is 15.3. The Labute approximate surface area is 177 Å². The number of nitrogens with zero attached hydrogens (tertiary/aromatic N) is 2. The molecule has 4 rings (SSSR count). The molecule has 0 spiro atoms. The van der Waals surface area contributed by atoms with Gasteiger partial charge >= 0.3 is 0 Å². The van der Waals surface area contributed by atoms with E-state index in [-0.39, 0.29) is 22.2 Å². The van der Waals surface area contributed by atoms with Crippen molar-refractivity contribution in [3.63, 3.8) is 0 Å². The molecular formula is C20H14F3N3O2S2. The van der Waals surface area contributed by atoms with E-state index in [2.05, 4.69) is 10.3 Å². The Morgan fingerprint density at radius 1 is 1.13 bits per heavy atom. The lowest BCUT2D eigenvalue weighted by molar-refractivity contribution is -0.113. The van der Waals surface area contributed by atoms with Gasteiger partial charge in [0, 0.05) is 18.2 Å². The van der Waals surface area contributed by atoms with Crippen LogP contribution >= 0.6 is 23.5 Å². The smallest absolute Gasteiger partial charge is 0.272 e. The lowest BCUT2D eigenvalue weighted by Crippen LogP contribution is -2.24. The van der Waals surface area contributed by atoms with Crippen LogP contribution in [0.3, 0.4) is 0 Å². The van der Waals surface area contributed by atoms with Gasteiger partial charge in [0.05, 0.1) is 27.7 Å². The number of hydrogen-bond acceptors (Lipinski definition) is 5. The highest BCUT2D eigenvalue weighted by molar-refractivity contribution is 8.00. The van der Waals surface area contributed by atoms with Gasteiger partial charge in [0.25, 0.3) is 5.56 Å². The van der Waals surface area contributed by atoms with E-state index in [0.29, 0.717) is 28.8 Å². The second-order valence-corrected chi connectivity index (χ2v) is 8.39. The molecule has 1 amide bonds. The minimum Gasteiger partial charge on any atom is -0.323 e. The highest BCUT2D eigenvalue weighted by atomic mass is 32.2. The molecule has 0 aliphatic carbocycles. The van der Waals surface area contributed by atoms with Crippen molar-refractivity contribution in [3.05, 3.63) is 76.0 Å². The number of anilines is 1. The number of nitrogens with one attached hydrogen (secondary N) is 1. The summed E-state index contributed by atoms with van der Waals surface area (Å²) in [5.41, 5.74) is 0.672. The number of fused-ring (bicyclic) bond motifs is 1. The molecule has 10 heteroatoms. The fourth-order valence-electron chi connectivity index (χ4n) is 2.91. The lowest BCUT2D eigenvalue weighted by atomic mass is 10.3. The minimum absolute atomic E-state index is 0.142. The molecule has 0 saturated heterocycles. The van der Waals surface area contributed by atoms with Crippen molar-refractivity contribution in [2.24, 2.45) is 0 Å². The Morgan fingerprint density at radius 3 is 2.60 bits per heavy atom. The number of aromatic nitrogens is 2. The molecule has 2 aromatic carbocycles. The van der Waals surface area contributed by atoms with Crippen LogP contribution in [0.1, 0.15) is 5.69 Å². The van der Waals surface area contributed by atoms with Crippen LogP contribution < -0.4 is 10.9 Å². The molecule has 5 nitrogen and oxygen atoms in total. The van der Waals surface area contributed by atoms with Crippen molar-refractivity contribution in [3.8, 4) is 5.69 Å². The van der Waals surface area contributed by atoms with Gasteiger partial charge in [0.1, 0.15) is 17.5 Å². The first-order chi connectivity index (χ1) is 14.4. The summed E-state index contributed by atoms with van der Waals surface area (Å²) in [5, 5.41) is 2.65. The zero-order chi connectivity index (χ0) is 21.3. The van der Waals surface area contributed by atoms with Crippen LogP contribution in [-0.2, 0) is 11.2 Å². The van der Waals surface area contributed by atoms with Gasteiger partial charge in [-0.25, -0.2) is 18.2 Å². The van der Waals surface area contributed by atoms with Crippen LogP contribution in [0.25, 0.3) is 5.69 Å². The third-order valence-electron chi connectivity index (χ3n) is 4.29. The van der Waals surface area contributed by atoms with E-state index in [1.807, 2.05) is 0 Å². The number of carbonyl (C=O) groups is 1. The molecule has 3 aromatic rings. The average molecular weight is 449 g/mol. The van der Waals surface area contributed by atoms with Gasteiger partial charge in [-0.1, -0.05) is 11.8 Å². The van der Waals surface area contributed by atoms with Crippen molar-refractivity contribution in [1.82, 2.24) is 9.55 Å². The number of thioether (sulfide) groups is 2. The fraction of sp³-hybridized carbons (Fsp3) is 0.150. The molecule has 0 saturated carbocycles. The highest BCUT2D eigenvalue weighted by Crippen LogP contribution is 2.30. The van der Waals surface area contributed by atoms with Gasteiger partial charge in [-0.15, -0.1) is 11.8 Å². The Kier molecular flexibility index (Phi) is 5.87. The number of halogens is 3. The number of hydrogen-bond donors (Lipinski definition) is 1. The fourth-order valence-corrected chi connectivity index (χ4v) is 4.77. The molecule has 154 valence electrons. The molecule has 2 heterocycles. The molecular weight excluding hydrogens is 435 g/mol. The largest absolute Gasteiger partial charge is 0.323 e. The third-order valence-corrected chi connectivity index (χ3v) is 6.33. The monoisotopic (exact) mass is 449 g/mol. The summed E-state index contributed by atoms with van der Waals surface area (Å²) in [4.78, 5) is 30.3. The first-order valence-electron chi connectivity index (χ1n) is 8.85. The molecule has 1 aromatic heterocycles. The van der Waals surface area contributed by atoms with Crippen molar-refractivity contribution in [1.29, 1.82) is 0 Å². The third kappa shape index (κ3) is 4.24. The lowest BCUT2D eigenvalue weighted by Gasteiger charge is -2.14. The molecule has 1 aliphatic heterocycles. The summed E-state index contributed by atoms with van der Waals surface area (Å²) < 4.78 is 41.4. The summed E-state index contributed by atoms with van der Waals surface area (Å²) >= 11 is 2.42. The van der Waals surface area contributed by atoms with Crippen LogP contribution in [0.15, 0.2) is 57.3 Å². The van der Waals surface area contributed by atoms with Gasteiger partial charge in [0.15, 0.2) is 5.16 Å². The Hall–Kier alpha value is -2.72. The van der Waals surface area contributed by atoms with E-state index in [1.165, 1.54) is 40.6 Å². The number of aryl methyl sites for hydroxylation is 1. The first-order valence-corrected chi connectivity index (χ1v) is 10.8. The first kappa shape index (κ1) is 20.5. The Balaban J connectivity index is 1.60. The summed E-state index contributed by atoms with van der Waals surface area (Å²) in [5.74, 6) is -2.03. The van der Waals surface area contributed by atoms with E-state index < -0.39 is 23.4 Å². The summed E-state index contributed by atoms with van der Waals surface area (Å²) in [6.45, 7) is 0. The van der Waals surface area contributed by atoms with E-state index >= 15 is 0 Å². The van der Waals surface area contributed by atoms with E-state index in [4.69, 9.17) is 0 Å². The second kappa shape index (κ2) is 8.57. The molecule has 0 fully saturated rings. The number of rotatable bonds is 5. The van der Waals surface area contributed by atoms with Crippen LogP contribution in [0.4, 0.5) is 18.9 Å². The Morgan fingerprint density at radius 2 is 1.87 bits per heavy atom. The standard InChI is InChI=1S/C20H14F3N3O2S2/c21-11-1-4-13(5-2-11)26-19(28)18-16(7-8-29-18)25-20(26)30-10-17(27)24-15-6-3-12(22)9-14(15)23/h1-6,9H,7-8,10H2,(H,24,27). The van der Waals surface area contributed by atoms with E-state index in [9.17, 15) is 22.8 Å². The summed E-state index contributed by atoms with van der Waals surface area (Å²) in [7, 11) is 0. The number of amides is 1. The van der Waals surface area contributed by atoms with Gasteiger partial charge in [0.2, 0.25) is 5.91 Å². The van der Waals surface area contributed by atoms with Crippen LogP contribution in [-0.4, -0.2) is 27.0 Å². The Bertz CT molecular complexity index is 1180. The van der Waals surface area contributed by atoms with E-state index in [1.54, 1.807) is 0 Å². The number of benzene rings is 2. The molecule has 1 N–H and O–H groups in total. The second-order valence-electron chi connectivity index (χ2n) is 6.35. The highest BCUT2D eigenvalue weighted by Gasteiger charge is 2.23. The predicted octanol–water partition coefficient (Wildman–Crippen LogP) is 4.03. The maximum Gasteiger partial charge on any atom is 0.272 e. The molecule has 30 heavy (non-hydrogen) atoms. The average Bonchev–Trinajstić information content (AvgIpc) is 3.19. The van der Waals surface area contributed by atoms with Crippen molar-refractivity contribution in [2.45, 2.75) is 16.5 Å². The summed E-state index contributed by atoms with van der Waals surface area (Å²) in [6, 6.07) is 8.24. The normalized spacial score (nSPS) is 12.6. The molecule has 0 radical (unpaired) electrons. The van der Waals surface area contributed by atoms with Gasteiger partial charge in [-0.2, -0.15) is 0 Å². The quantitative estimate of drug-likeness (QED) is 0.471. The number of carbonyl (C=O) groups excluding carboxylic acids is 1. The van der Waals surface area contributed by atoms with Crippen LogP contribution in [0.5, 0.6) is 0 Å². The maximum atomic E-state index is 13.7. The molecule has 0 atom stereocenters. The predicted molar refractivity (Wildman–Crippen MR) is 110 cm³/mol. The van der Waals surface area contributed by atoms with Crippen molar-refractivity contribution in [2.75, 3.05) is 16.8 Å². The van der Waals surface area contributed by atoms with Crippen molar-refractivity contribution < 1.29 is 18.0 Å².